The van der Waals surface area contributed by atoms with Gasteiger partial charge < -0.3 is 5.32 Å². The van der Waals surface area contributed by atoms with E-state index in [1.54, 1.807) is 12.1 Å². The van der Waals surface area contributed by atoms with Gasteiger partial charge in [-0.2, -0.15) is 14.0 Å². The van der Waals surface area contributed by atoms with E-state index >= 15 is 0 Å². The van der Waals surface area contributed by atoms with Crippen molar-refractivity contribution in [3.8, 4) is 6.07 Å². The highest BCUT2D eigenvalue weighted by Gasteiger charge is 2.11. The Hall–Kier alpha value is -2.23. The minimum atomic E-state index is -0.384. The number of halogens is 2. The van der Waals surface area contributed by atoms with Gasteiger partial charge in [0.25, 0.3) is 0 Å². The molecule has 2 aromatic carbocycles. The van der Waals surface area contributed by atoms with Gasteiger partial charge in [-0.25, -0.2) is 4.39 Å². The molecule has 0 aliphatic rings. The monoisotopic (exact) mass is 318 g/mol. The zero-order valence-electron chi connectivity index (χ0n) is 10.6. The molecule has 4 nitrogen and oxygen atoms in total. The highest BCUT2D eigenvalue weighted by molar-refractivity contribution is 7.00. The molecule has 0 aliphatic carbocycles. The Bertz CT molecular complexity index is 856. The SMILES string of the molecule is N#Cc1ccc(F)cc1CNc1c(Cl)ccc2nsnc12. The minimum Gasteiger partial charge on any atom is -0.378 e. The number of nitrogens with one attached hydrogen (secondary N) is 1. The highest BCUT2D eigenvalue weighted by atomic mass is 35.5. The van der Waals surface area contributed by atoms with Gasteiger partial charge in [0.1, 0.15) is 16.9 Å². The first-order valence-electron chi connectivity index (χ1n) is 6.02. The first-order chi connectivity index (χ1) is 10.2. The maximum atomic E-state index is 13.3. The molecule has 0 saturated heterocycles. The van der Waals surface area contributed by atoms with Crippen LogP contribution in [0.15, 0.2) is 30.3 Å². The van der Waals surface area contributed by atoms with Crippen LogP contribution >= 0.6 is 23.3 Å². The number of benzene rings is 2. The van der Waals surface area contributed by atoms with Gasteiger partial charge in [-0.1, -0.05) is 11.6 Å². The van der Waals surface area contributed by atoms with E-state index in [9.17, 15) is 4.39 Å². The van der Waals surface area contributed by atoms with Gasteiger partial charge >= 0.3 is 0 Å². The van der Waals surface area contributed by atoms with Crippen LogP contribution in [0.25, 0.3) is 11.0 Å². The van der Waals surface area contributed by atoms with E-state index < -0.39 is 0 Å². The molecule has 0 amide bonds. The fourth-order valence-electron chi connectivity index (χ4n) is 2.00. The number of aromatic nitrogens is 2. The molecule has 1 aromatic heterocycles. The summed E-state index contributed by atoms with van der Waals surface area (Å²) in [6.45, 7) is 0.275. The molecule has 1 N–H and O–H groups in total. The van der Waals surface area contributed by atoms with Crippen molar-refractivity contribution in [3.63, 3.8) is 0 Å². The molecule has 3 rings (SSSR count). The lowest BCUT2D eigenvalue weighted by molar-refractivity contribution is 0.625. The van der Waals surface area contributed by atoms with E-state index in [-0.39, 0.29) is 12.4 Å². The first kappa shape index (κ1) is 13.7. The molecule has 7 heteroatoms. The third-order valence-corrected chi connectivity index (χ3v) is 3.88. The topological polar surface area (TPSA) is 61.6 Å². The molecule has 0 bridgehead atoms. The molecule has 0 radical (unpaired) electrons. The van der Waals surface area contributed by atoms with Crippen LogP contribution in [-0.4, -0.2) is 8.75 Å². The molecular weight excluding hydrogens is 311 g/mol. The summed E-state index contributed by atoms with van der Waals surface area (Å²) in [5.41, 5.74) is 3.03. The number of fused-ring (bicyclic) bond motifs is 1. The summed E-state index contributed by atoms with van der Waals surface area (Å²) in [7, 11) is 0. The average molecular weight is 319 g/mol. The number of rotatable bonds is 3. The van der Waals surface area contributed by atoms with Crippen LogP contribution in [0.5, 0.6) is 0 Å². The van der Waals surface area contributed by atoms with Gasteiger partial charge in [-0.05, 0) is 35.9 Å². The second-order valence-corrected chi connectivity index (χ2v) is 5.26. The smallest absolute Gasteiger partial charge is 0.129 e. The van der Waals surface area contributed by atoms with Crippen LogP contribution in [0.2, 0.25) is 5.02 Å². The maximum Gasteiger partial charge on any atom is 0.129 e. The van der Waals surface area contributed by atoms with Crippen molar-refractivity contribution >= 4 is 40.0 Å². The minimum absolute atomic E-state index is 0.275. The summed E-state index contributed by atoms with van der Waals surface area (Å²) in [5, 5.41) is 12.7. The van der Waals surface area contributed by atoms with Crippen molar-refractivity contribution < 1.29 is 4.39 Å². The Morgan fingerprint density at radius 1 is 1.29 bits per heavy atom. The molecule has 0 unspecified atom stereocenters. The molecule has 0 atom stereocenters. The van der Waals surface area contributed by atoms with E-state index in [0.29, 0.717) is 27.4 Å². The van der Waals surface area contributed by atoms with Crippen LogP contribution in [-0.2, 0) is 6.54 Å². The maximum absolute atomic E-state index is 13.3. The Morgan fingerprint density at radius 3 is 2.95 bits per heavy atom. The van der Waals surface area contributed by atoms with E-state index in [4.69, 9.17) is 16.9 Å². The summed E-state index contributed by atoms with van der Waals surface area (Å²) in [6.07, 6.45) is 0. The predicted octanol–water partition coefficient (Wildman–Crippen LogP) is 3.97. The van der Waals surface area contributed by atoms with Crippen LogP contribution < -0.4 is 5.32 Å². The molecule has 21 heavy (non-hydrogen) atoms. The molecule has 0 fully saturated rings. The second-order valence-electron chi connectivity index (χ2n) is 4.32. The number of nitrogens with zero attached hydrogens (tertiary/aromatic N) is 3. The zero-order valence-corrected chi connectivity index (χ0v) is 12.2. The Balaban J connectivity index is 1.94. The van der Waals surface area contributed by atoms with E-state index in [1.807, 2.05) is 6.07 Å². The van der Waals surface area contributed by atoms with Gasteiger partial charge in [0.05, 0.1) is 34.1 Å². The molecule has 0 saturated carbocycles. The highest BCUT2D eigenvalue weighted by Crippen LogP contribution is 2.30. The molecule has 0 aliphatic heterocycles. The van der Waals surface area contributed by atoms with Gasteiger partial charge in [-0.15, -0.1) is 0 Å². The summed E-state index contributed by atoms with van der Waals surface area (Å²) >= 11 is 7.26. The van der Waals surface area contributed by atoms with Crippen molar-refractivity contribution in [2.24, 2.45) is 0 Å². The number of nitriles is 1. The molecule has 1 heterocycles. The average Bonchev–Trinajstić information content (AvgIpc) is 2.95. The summed E-state index contributed by atoms with van der Waals surface area (Å²) < 4.78 is 21.6. The lowest BCUT2D eigenvalue weighted by Gasteiger charge is -2.10. The second kappa shape index (κ2) is 5.64. The fourth-order valence-corrected chi connectivity index (χ4v) is 2.76. The van der Waals surface area contributed by atoms with Crippen molar-refractivity contribution in [2.75, 3.05) is 5.32 Å². The van der Waals surface area contributed by atoms with E-state index in [1.165, 1.54) is 18.2 Å². The first-order valence-corrected chi connectivity index (χ1v) is 7.13. The van der Waals surface area contributed by atoms with Gasteiger partial charge in [-0.3, -0.25) is 0 Å². The summed E-state index contributed by atoms with van der Waals surface area (Å²) in [4.78, 5) is 0. The molecular formula is C14H8ClFN4S. The summed E-state index contributed by atoms with van der Waals surface area (Å²) in [6, 6.07) is 9.61. The van der Waals surface area contributed by atoms with Crippen LogP contribution in [0.4, 0.5) is 10.1 Å². The third kappa shape index (κ3) is 2.66. The molecule has 3 aromatic rings. The molecule has 0 spiro atoms. The van der Waals surface area contributed by atoms with Crippen molar-refractivity contribution in [3.05, 3.63) is 52.3 Å². The van der Waals surface area contributed by atoms with Crippen LogP contribution in [0, 0.1) is 17.1 Å². The zero-order chi connectivity index (χ0) is 14.8. The van der Waals surface area contributed by atoms with Crippen LogP contribution in [0.1, 0.15) is 11.1 Å². The van der Waals surface area contributed by atoms with E-state index in [2.05, 4.69) is 14.1 Å². The van der Waals surface area contributed by atoms with Gasteiger partial charge in [0.2, 0.25) is 0 Å². The van der Waals surface area contributed by atoms with Crippen molar-refractivity contribution in [2.45, 2.75) is 6.54 Å². The number of hydrogen-bond acceptors (Lipinski definition) is 5. The summed E-state index contributed by atoms with van der Waals surface area (Å²) in [5.74, 6) is -0.384. The largest absolute Gasteiger partial charge is 0.378 e. The van der Waals surface area contributed by atoms with Crippen LogP contribution in [0.3, 0.4) is 0 Å². The Labute approximate surface area is 129 Å². The van der Waals surface area contributed by atoms with Gasteiger partial charge in [0, 0.05) is 6.54 Å². The fraction of sp³-hybridized carbons (Fsp3) is 0.0714. The quantitative estimate of drug-likeness (QED) is 0.793. The van der Waals surface area contributed by atoms with E-state index in [0.717, 1.165) is 17.2 Å². The van der Waals surface area contributed by atoms with Crippen molar-refractivity contribution in [1.82, 2.24) is 8.75 Å². The lowest BCUT2D eigenvalue weighted by Crippen LogP contribution is -2.03. The van der Waals surface area contributed by atoms with Crippen molar-refractivity contribution in [1.29, 1.82) is 5.26 Å². The lowest BCUT2D eigenvalue weighted by atomic mass is 10.1. The number of hydrogen-bond donors (Lipinski definition) is 1. The predicted molar refractivity (Wildman–Crippen MR) is 80.9 cm³/mol. The standard InChI is InChI=1S/C14H8ClFN4S/c15-11-3-4-12-14(20-21-19-12)13(11)18-7-9-5-10(16)2-1-8(9)6-17/h1-5,18H,7H2. The number of anilines is 1. The Morgan fingerprint density at radius 2 is 2.14 bits per heavy atom. The Kier molecular flexibility index (Phi) is 3.69. The van der Waals surface area contributed by atoms with Gasteiger partial charge in [0.15, 0.2) is 0 Å². The normalized spacial score (nSPS) is 10.5. The third-order valence-electron chi connectivity index (χ3n) is 3.02. The molecule has 104 valence electrons.